The van der Waals surface area contributed by atoms with Crippen LogP contribution in [0.3, 0.4) is 0 Å². The first-order valence-corrected chi connectivity index (χ1v) is 13.9. The van der Waals surface area contributed by atoms with Crippen molar-refractivity contribution in [1.82, 2.24) is 30.2 Å². The van der Waals surface area contributed by atoms with Crippen molar-refractivity contribution in [2.75, 3.05) is 13.1 Å². The maximum atomic E-state index is 5.14. The lowest BCUT2D eigenvalue weighted by molar-refractivity contribution is 0.489. The topological polar surface area (TPSA) is 91.7 Å². The predicted octanol–water partition coefficient (Wildman–Crippen LogP) is 5.76. The third-order valence-corrected chi connectivity index (χ3v) is 7.96. The molecule has 0 radical (unpaired) electrons. The van der Waals surface area contributed by atoms with E-state index in [1.165, 1.54) is 36.8 Å². The molecule has 0 atom stereocenters. The molecule has 1 fully saturated rings. The number of fused-ring (bicyclic) bond motifs is 2. The van der Waals surface area contributed by atoms with Crippen molar-refractivity contribution < 1.29 is 0 Å². The first-order chi connectivity index (χ1) is 19.3. The number of aliphatic imine (C=N–C) groups is 1. The van der Waals surface area contributed by atoms with Gasteiger partial charge in [0.2, 0.25) is 0 Å². The molecule has 2 N–H and O–H groups in total. The summed E-state index contributed by atoms with van der Waals surface area (Å²) in [5, 5.41) is 4.70. The third kappa shape index (κ3) is 4.86. The molecule has 7 rings (SSSR count). The summed E-state index contributed by atoms with van der Waals surface area (Å²) in [6.07, 6.45) is 15.7. The van der Waals surface area contributed by atoms with E-state index in [1.54, 1.807) is 0 Å². The summed E-state index contributed by atoms with van der Waals surface area (Å²) < 4.78 is 0. The summed E-state index contributed by atoms with van der Waals surface area (Å²) in [5.41, 5.74) is 10.2. The molecule has 0 spiro atoms. The number of hydrogen-bond acceptors (Lipinski definition) is 6. The SMILES string of the molecule is c1cc(-c2ccnc3[nH]c(C4=NCCc5ccc(-c6cncc(CNCC7CCCC7)c6)nc54)cc23)ccn1. The Labute approximate surface area is 227 Å². The van der Waals surface area contributed by atoms with E-state index in [0.29, 0.717) is 0 Å². The molecule has 2 aliphatic rings. The highest BCUT2D eigenvalue weighted by Gasteiger charge is 2.21. The van der Waals surface area contributed by atoms with Crippen LogP contribution < -0.4 is 5.32 Å². The molecule has 0 unspecified atom stereocenters. The number of rotatable bonds is 7. The maximum Gasteiger partial charge on any atom is 0.138 e. The van der Waals surface area contributed by atoms with E-state index in [4.69, 9.17) is 9.98 Å². The van der Waals surface area contributed by atoms with Crippen LogP contribution in [0.5, 0.6) is 0 Å². The molecule has 0 saturated heterocycles. The van der Waals surface area contributed by atoms with Crippen molar-refractivity contribution in [3.8, 4) is 22.4 Å². The third-order valence-electron chi connectivity index (χ3n) is 7.96. The standard InChI is InChI=1S/C32H31N7/c1-2-4-21(3-1)17-34-18-22-15-25(20-35-19-22)28-6-5-24-9-13-36-31(30(24)38-28)29-16-27-26(10-14-37-32(27)39-29)23-7-11-33-12-8-23/h5-8,10-12,14-16,19-21,34H,1-4,9,13,17-18H2,(H,37,39). The van der Waals surface area contributed by atoms with Crippen molar-refractivity contribution >= 4 is 16.7 Å². The molecule has 0 bridgehead atoms. The number of pyridine rings is 4. The monoisotopic (exact) mass is 513 g/mol. The van der Waals surface area contributed by atoms with Crippen molar-refractivity contribution in [1.29, 1.82) is 0 Å². The molecule has 39 heavy (non-hydrogen) atoms. The average molecular weight is 514 g/mol. The number of aromatic nitrogens is 5. The van der Waals surface area contributed by atoms with Gasteiger partial charge in [0.05, 0.1) is 17.1 Å². The Kier molecular flexibility index (Phi) is 6.42. The quantitative estimate of drug-likeness (QED) is 0.289. The van der Waals surface area contributed by atoms with Crippen LogP contribution >= 0.6 is 0 Å². The minimum atomic E-state index is 0.743. The molecular formula is C32H31N7. The van der Waals surface area contributed by atoms with Crippen LogP contribution in [0.1, 0.15) is 48.2 Å². The van der Waals surface area contributed by atoms with Gasteiger partial charge in [-0.05, 0) is 90.4 Å². The van der Waals surface area contributed by atoms with Crippen LogP contribution in [0.15, 0.2) is 78.4 Å². The lowest BCUT2D eigenvalue weighted by Gasteiger charge is -2.16. The number of nitrogens with zero attached hydrogens (tertiary/aromatic N) is 5. The first kappa shape index (κ1) is 23.9. The van der Waals surface area contributed by atoms with Gasteiger partial charge in [0.1, 0.15) is 11.4 Å². The van der Waals surface area contributed by atoms with E-state index in [-0.39, 0.29) is 0 Å². The molecular weight excluding hydrogens is 482 g/mol. The minimum absolute atomic E-state index is 0.743. The smallest absolute Gasteiger partial charge is 0.138 e. The van der Waals surface area contributed by atoms with E-state index in [2.05, 4.69) is 49.5 Å². The summed E-state index contributed by atoms with van der Waals surface area (Å²) in [4.78, 5) is 26.9. The molecule has 1 saturated carbocycles. The molecule has 5 aromatic rings. The summed E-state index contributed by atoms with van der Waals surface area (Å²) >= 11 is 0. The van der Waals surface area contributed by atoms with Crippen molar-refractivity contribution in [2.45, 2.75) is 38.6 Å². The van der Waals surface area contributed by atoms with Gasteiger partial charge in [-0.3, -0.25) is 15.0 Å². The van der Waals surface area contributed by atoms with Gasteiger partial charge in [-0.2, -0.15) is 0 Å². The van der Waals surface area contributed by atoms with Crippen LogP contribution in [0, 0.1) is 5.92 Å². The highest BCUT2D eigenvalue weighted by molar-refractivity contribution is 6.14. The first-order valence-electron chi connectivity index (χ1n) is 13.9. The molecule has 1 aliphatic carbocycles. The Morgan fingerprint density at radius 1 is 0.897 bits per heavy atom. The lowest BCUT2D eigenvalue weighted by atomic mass is 9.99. The van der Waals surface area contributed by atoms with Crippen molar-refractivity contribution in [3.63, 3.8) is 0 Å². The van der Waals surface area contributed by atoms with Crippen LogP contribution in [-0.2, 0) is 13.0 Å². The fourth-order valence-electron chi connectivity index (χ4n) is 5.93. The number of nitrogens with one attached hydrogen (secondary N) is 2. The maximum absolute atomic E-state index is 5.14. The fourth-order valence-corrected chi connectivity index (χ4v) is 5.93. The molecule has 7 nitrogen and oxygen atoms in total. The van der Waals surface area contributed by atoms with Gasteiger partial charge in [-0.15, -0.1) is 0 Å². The van der Waals surface area contributed by atoms with Gasteiger partial charge in [-0.1, -0.05) is 18.9 Å². The van der Waals surface area contributed by atoms with Gasteiger partial charge >= 0.3 is 0 Å². The zero-order valence-corrected chi connectivity index (χ0v) is 21.9. The Bertz CT molecular complexity index is 1650. The van der Waals surface area contributed by atoms with Gasteiger partial charge in [0.15, 0.2) is 0 Å². The van der Waals surface area contributed by atoms with E-state index in [0.717, 1.165) is 82.5 Å². The molecule has 7 heteroatoms. The van der Waals surface area contributed by atoms with E-state index < -0.39 is 0 Å². The van der Waals surface area contributed by atoms with E-state index in [9.17, 15) is 0 Å². The Morgan fingerprint density at radius 2 is 1.79 bits per heavy atom. The van der Waals surface area contributed by atoms with Crippen molar-refractivity contribution in [3.05, 3.63) is 96.0 Å². The fraction of sp³-hybridized carbons (Fsp3) is 0.281. The summed E-state index contributed by atoms with van der Waals surface area (Å²) in [5.74, 6) is 0.821. The normalized spacial score (nSPS) is 15.4. The molecule has 5 aromatic heterocycles. The molecule has 194 valence electrons. The van der Waals surface area contributed by atoms with Gasteiger partial charge < -0.3 is 10.3 Å². The highest BCUT2D eigenvalue weighted by atomic mass is 14.9. The van der Waals surface area contributed by atoms with Crippen LogP contribution in [0.2, 0.25) is 0 Å². The average Bonchev–Trinajstić information content (AvgIpc) is 3.67. The second-order valence-electron chi connectivity index (χ2n) is 10.6. The Morgan fingerprint density at radius 3 is 2.69 bits per heavy atom. The second-order valence-corrected chi connectivity index (χ2v) is 10.6. The van der Waals surface area contributed by atoms with Crippen LogP contribution in [-0.4, -0.2) is 43.7 Å². The van der Waals surface area contributed by atoms with E-state index in [1.807, 2.05) is 49.2 Å². The highest BCUT2D eigenvalue weighted by Crippen LogP contribution is 2.30. The van der Waals surface area contributed by atoms with Crippen LogP contribution in [0.25, 0.3) is 33.4 Å². The Balaban J connectivity index is 1.19. The zero-order valence-electron chi connectivity index (χ0n) is 21.9. The summed E-state index contributed by atoms with van der Waals surface area (Å²) in [6, 6.07) is 14.8. The van der Waals surface area contributed by atoms with Crippen molar-refractivity contribution in [2.24, 2.45) is 10.9 Å². The van der Waals surface area contributed by atoms with Gasteiger partial charge in [-0.25, -0.2) is 9.97 Å². The lowest BCUT2D eigenvalue weighted by Crippen LogP contribution is -2.20. The second kappa shape index (κ2) is 10.5. The number of aromatic amines is 1. The van der Waals surface area contributed by atoms with Crippen LogP contribution in [0.4, 0.5) is 0 Å². The number of hydrogen-bond donors (Lipinski definition) is 2. The zero-order chi connectivity index (χ0) is 26.0. The number of H-pyrrole nitrogens is 1. The molecule has 0 amide bonds. The van der Waals surface area contributed by atoms with Gasteiger partial charge in [0, 0.05) is 55.0 Å². The molecule has 1 aliphatic heterocycles. The van der Waals surface area contributed by atoms with E-state index >= 15 is 0 Å². The minimum Gasteiger partial charge on any atom is -0.338 e. The summed E-state index contributed by atoms with van der Waals surface area (Å²) in [7, 11) is 0. The molecule has 6 heterocycles. The Hall–Kier alpha value is -4.23. The summed E-state index contributed by atoms with van der Waals surface area (Å²) in [6.45, 7) is 2.66. The molecule has 0 aromatic carbocycles. The predicted molar refractivity (Wildman–Crippen MR) is 155 cm³/mol. The largest absolute Gasteiger partial charge is 0.338 e. The van der Waals surface area contributed by atoms with Gasteiger partial charge in [0.25, 0.3) is 0 Å².